The van der Waals surface area contributed by atoms with Gasteiger partial charge in [-0.2, -0.15) is 0 Å². The minimum atomic E-state index is -1.08. The Labute approximate surface area is 142 Å². The van der Waals surface area contributed by atoms with Gasteiger partial charge in [-0.1, -0.05) is 36.8 Å². The van der Waals surface area contributed by atoms with Crippen molar-refractivity contribution in [3.05, 3.63) is 35.9 Å². The molecule has 5 heteroatoms. The smallest absolute Gasteiger partial charge is 0.315 e. The highest BCUT2D eigenvalue weighted by molar-refractivity contribution is 5.74. The molecule has 4 unspecified atom stereocenters. The van der Waals surface area contributed by atoms with E-state index in [1.54, 1.807) is 6.92 Å². The molecule has 0 aromatic heterocycles. The number of benzene rings is 1. The van der Waals surface area contributed by atoms with E-state index in [-0.39, 0.29) is 24.0 Å². The molecule has 0 bridgehead atoms. The highest BCUT2D eigenvalue weighted by Gasteiger charge is 2.66. The van der Waals surface area contributed by atoms with Crippen LogP contribution in [0.5, 0.6) is 0 Å². The fourth-order valence-corrected chi connectivity index (χ4v) is 4.80. The van der Waals surface area contributed by atoms with Gasteiger partial charge in [-0.3, -0.25) is 0 Å². The van der Waals surface area contributed by atoms with Crippen LogP contribution in [0.1, 0.15) is 38.2 Å². The summed E-state index contributed by atoms with van der Waals surface area (Å²) in [6.45, 7) is 2.73. The predicted molar refractivity (Wildman–Crippen MR) is 90.5 cm³/mol. The van der Waals surface area contributed by atoms with E-state index in [2.05, 4.69) is 10.6 Å². The number of hydrogen-bond donors (Lipinski definition) is 3. The SMILES string of the molecule is CC(O)(CNC(=O)NC1C2CCOC2C12CCC2)c1ccccc1. The minimum absolute atomic E-state index is 0.181. The molecule has 3 N–H and O–H groups in total. The molecule has 2 aliphatic carbocycles. The van der Waals surface area contributed by atoms with Gasteiger partial charge in [0.2, 0.25) is 0 Å². The second-order valence-corrected chi connectivity index (χ2v) is 7.78. The number of hydrogen-bond acceptors (Lipinski definition) is 3. The van der Waals surface area contributed by atoms with Gasteiger partial charge >= 0.3 is 6.03 Å². The third-order valence-electron chi connectivity index (χ3n) is 6.31. The molecule has 1 spiro atoms. The topological polar surface area (TPSA) is 70.6 Å². The molecule has 2 amide bonds. The normalized spacial score (nSPS) is 32.2. The molecule has 1 aliphatic heterocycles. The van der Waals surface area contributed by atoms with Crippen molar-refractivity contribution in [3.63, 3.8) is 0 Å². The van der Waals surface area contributed by atoms with Gasteiger partial charge in [-0.15, -0.1) is 0 Å². The Morgan fingerprint density at radius 3 is 2.79 bits per heavy atom. The first-order valence-corrected chi connectivity index (χ1v) is 8.97. The van der Waals surface area contributed by atoms with Gasteiger partial charge in [0.25, 0.3) is 0 Å². The number of ether oxygens (including phenoxy) is 1. The number of nitrogens with one attached hydrogen (secondary N) is 2. The third-order valence-corrected chi connectivity index (χ3v) is 6.31. The molecule has 1 aromatic carbocycles. The van der Waals surface area contributed by atoms with E-state index in [0.717, 1.165) is 31.4 Å². The van der Waals surface area contributed by atoms with Crippen LogP contribution < -0.4 is 10.6 Å². The summed E-state index contributed by atoms with van der Waals surface area (Å²) in [5.41, 5.74) is -0.0973. The molecule has 4 atom stereocenters. The molecule has 1 aromatic rings. The molecule has 2 saturated carbocycles. The minimum Gasteiger partial charge on any atom is -0.384 e. The lowest BCUT2D eigenvalue weighted by atomic mass is 9.46. The van der Waals surface area contributed by atoms with Crippen molar-refractivity contribution in [1.29, 1.82) is 0 Å². The number of urea groups is 1. The van der Waals surface area contributed by atoms with E-state index in [1.807, 2.05) is 30.3 Å². The van der Waals surface area contributed by atoms with Gasteiger partial charge in [0.05, 0.1) is 12.6 Å². The lowest BCUT2D eigenvalue weighted by Gasteiger charge is -2.63. The zero-order chi connectivity index (χ0) is 16.8. The Kier molecular flexibility index (Phi) is 3.81. The molecule has 1 saturated heterocycles. The summed E-state index contributed by atoms with van der Waals surface area (Å²) in [7, 11) is 0. The summed E-state index contributed by atoms with van der Waals surface area (Å²) in [5, 5.41) is 16.6. The number of rotatable bonds is 4. The second-order valence-electron chi connectivity index (χ2n) is 7.78. The van der Waals surface area contributed by atoms with Crippen LogP contribution in [-0.2, 0) is 10.3 Å². The van der Waals surface area contributed by atoms with Crippen LogP contribution in [-0.4, -0.2) is 36.4 Å². The number of carbonyl (C=O) groups excluding carboxylic acids is 1. The highest BCUT2D eigenvalue weighted by atomic mass is 16.5. The molecule has 4 rings (SSSR count). The molecule has 0 radical (unpaired) electrons. The van der Waals surface area contributed by atoms with Gasteiger partial charge in [0.15, 0.2) is 0 Å². The Hall–Kier alpha value is -1.59. The van der Waals surface area contributed by atoms with Gasteiger partial charge in [0, 0.05) is 24.0 Å². The maximum Gasteiger partial charge on any atom is 0.315 e. The van der Waals surface area contributed by atoms with E-state index < -0.39 is 5.60 Å². The zero-order valence-electron chi connectivity index (χ0n) is 14.1. The molecular formula is C19H26N2O3. The van der Waals surface area contributed by atoms with Crippen molar-refractivity contribution in [1.82, 2.24) is 10.6 Å². The first-order chi connectivity index (χ1) is 11.5. The van der Waals surface area contributed by atoms with E-state index in [1.165, 1.54) is 6.42 Å². The maximum atomic E-state index is 12.4. The zero-order valence-corrected chi connectivity index (χ0v) is 14.1. The fraction of sp³-hybridized carbons (Fsp3) is 0.632. The van der Waals surface area contributed by atoms with Crippen molar-refractivity contribution in [2.75, 3.05) is 13.2 Å². The summed E-state index contributed by atoms with van der Waals surface area (Å²) in [6, 6.07) is 9.46. The highest BCUT2D eigenvalue weighted by Crippen LogP contribution is 2.62. The van der Waals surface area contributed by atoms with Crippen LogP contribution in [0.15, 0.2) is 30.3 Å². The van der Waals surface area contributed by atoms with Crippen molar-refractivity contribution < 1.29 is 14.6 Å². The standard InChI is InChI=1S/C19H26N2O3/c1-18(23,13-6-3-2-4-7-13)12-20-17(22)21-15-14-8-11-24-16(14)19(15)9-5-10-19/h2-4,6-7,14-16,23H,5,8-12H2,1H3,(H2,20,21,22). The van der Waals surface area contributed by atoms with E-state index >= 15 is 0 Å². The Bertz CT molecular complexity index is 612. The van der Waals surface area contributed by atoms with E-state index in [9.17, 15) is 9.90 Å². The number of amides is 2. The molecule has 3 fully saturated rings. The third kappa shape index (κ3) is 2.42. The number of carbonyl (C=O) groups is 1. The average Bonchev–Trinajstić information content (AvgIpc) is 2.95. The largest absolute Gasteiger partial charge is 0.384 e. The number of fused-ring (bicyclic) bond motifs is 2. The van der Waals surface area contributed by atoms with Gasteiger partial charge < -0.3 is 20.5 Å². The van der Waals surface area contributed by atoms with Crippen LogP contribution >= 0.6 is 0 Å². The van der Waals surface area contributed by atoms with Crippen molar-refractivity contribution in [2.24, 2.45) is 11.3 Å². The monoisotopic (exact) mass is 330 g/mol. The Morgan fingerprint density at radius 1 is 1.38 bits per heavy atom. The first-order valence-electron chi connectivity index (χ1n) is 8.97. The lowest BCUT2D eigenvalue weighted by Crippen LogP contribution is -2.72. The molecule has 1 heterocycles. The summed E-state index contributed by atoms with van der Waals surface area (Å²) in [5.74, 6) is 0.464. The lowest BCUT2D eigenvalue weighted by molar-refractivity contribution is -0.172. The maximum absolute atomic E-state index is 12.4. The van der Waals surface area contributed by atoms with E-state index in [0.29, 0.717) is 12.0 Å². The van der Waals surface area contributed by atoms with Gasteiger partial charge in [-0.05, 0) is 31.7 Å². The van der Waals surface area contributed by atoms with Gasteiger partial charge in [0.1, 0.15) is 5.60 Å². The quantitative estimate of drug-likeness (QED) is 0.792. The van der Waals surface area contributed by atoms with Crippen LogP contribution in [0, 0.1) is 11.3 Å². The fourth-order valence-electron chi connectivity index (χ4n) is 4.80. The molecular weight excluding hydrogens is 304 g/mol. The summed E-state index contributed by atoms with van der Waals surface area (Å²) >= 11 is 0. The number of aliphatic hydroxyl groups is 1. The predicted octanol–water partition coefficient (Wildman–Crippen LogP) is 2.15. The van der Waals surface area contributed by atoms with Crippen molar-refractivity contribution in [3.8, 4) is 0 Å². The molecule has 24 heavy (non-hydrogen) atoms. The first kappa shape index (κ1) is 15.9. The molecule has 130 valence electrons. The van der Waals surface area contributed by atoms with Crippen molar-refractivity contribution >= 4 is 6.03 Å². The molecule has 3 aliphatic rings. The summed E-state index contributed by atoms with van der Waals surface area (Å²) in [6.07, 6.45) is 4.93. The molecule has 5 nitrogen and oxygen atoms in total. The summed E-state index contributed by atoms with van der Waals surface area (Å²) in [4.78, 5) is 12.4. The van der Waals surface area contributed by atoms with Crippen LogP contribution in [0.3, 0.4) is 0 Å². The Balaban J connectivity index is 1.34. The van der Waals surface area contributed by atoms with E-state index in [4.69, 9.17) is 4.74 Å². The second kappa shape index (κ2) is 5.74. The van der Waals surface area contributed by atoms with Crippen LogP contribution in [0.2, 0.25) is 0 Å². The summed E-state index contributed by atoms with van der Waals surface area (Å²) < 4.78 is 5.88. The average molecular weight is 330 g/mol. The van der Waals surface area contributed by atoms with Gasteiger partial charge in [-0.25, -0.2) is 4.79 Å². The van der Waals surface area contributed by atoms with Crippen LogP contribution in [0.4, 0.5) is 4.79 Å². The van der Waals surface area contributed by atoms with Crippen LogP contribution in [0.25, 0.3) is 0 Å². The Morgan fingerprint density at radius 2 is 2.12 bits per heavy atom. The van der Waals surface area contributed by atoms with Crippen molar-refractivity contribution in [2.45, 2.75) is 50.4 Å².